The van der Waals surface area contributed by atoms with Gasteiger partial charge in [-0.3, -0.25) is 9.59 Å². The van der Waals surface area contributed by atoms with Gasteiger partial charge in [-0.15, -0.1) is 0 Å². The number of esters is 2. The number of hydrogen-bond acceptors (Lipinski definition) is 4. The van der Waals surface area contributed by atoms with E-state index in [2.05, 4.69) is 19.7 Å². The summed E-state index contributed by atoms with van der Waals surface area (Å²) in [5.74, 6) is -0.803. The Bertz CT molecular complexity index is 363. The van der Waals surface area contributed by atoms with E-state index in [1.54, 1.807) is 0 Å². The van der Waals surface area contributed by atoms with Gasteiger partial charge in [0.15, 0.2) is 6.10 Å². The highest BCUT2D eigenvalue weighted by molar-refractivity contribution is 5.67. The number of nitrogens with zero attached hydrogens (tertiary/aromatic N) is 1. The summed E-state index contributed by atoms with van der Waals surface area (Å²) in [7, 11) is 0. The lowest BCUT2D eigenvalue weighted by atomic mass is 10.2. The van der Waals surface area contributed by atoms with Crippen molar-refractivity contribution in [3.05, 3.63) is 38.0 Å². The minimum atomic E-state index is -0.508. The summed E-state index contributed by atoms with van der Waals surface area (Å²) in [6, 6.07) is 0. The summed E-state index contributed by atoms with van der Waals surface area (Å²) in [5, 5.41) is 0. The van der Waals surface area contributed by atoms with Crippen molar-refractivity contribution >= 4 is 11.9 Å². The van der Waals surface area contributed by atoms with E-state index in [-0.39, 0.29) is 6.61 Å². The summed E-state index contributed by atoms with van der Waals surface area (Å²) >= 11 is 0. The maximum absolute atomic E-state index is 11.2. The van der Waals surface area contributed by atoms with E-state index in [1.165, 1.54) is 13.8 Å². The molecule has 5 heteroatoms. The summed E-state index contributed by atoms with van der Waals surface area (Å²) in [4.78, 5) is 22.2. The molecule has 0 saturated carbocycles. The van der Waals surface area contributed by atoms with Gasteiger partial charge in [0.1, 0.15) is 13.2 Å². The Morgan fingerprint density at radius 1 is 1.00 bits per heavy atom. The molecule has 0 heterocycles. The van der Waals surface area contributed by atoms with Crippen molar-refractivity contribution in [2.24, 2.45) is 0 Å². The number of carbonyl (C=O) groups is 2. The average molecular weight is 296 g/mol. The molecule has 5 nitrogen and oxygen atoms in total. The molecular formula is C16H26NO4+. The van der Waals surface area contributed by atoms with Crippen molar-refractivity contribution in [2.45, 2.75) is 20.0 Å². The van der Waals surface area contributed by atoms with Crippen LogP contribution in [0.15, 0.2) is 38.0 Å². The van der Waals surface area contributed by atoms with E-state index >= 15 is 0 Å². The van der Waals surface area contributed by atoms with E-state index in [4.69, 9.17) is 9.47 Å². The highest BCUT2D eigenvalue weighted by Gasteiger charge is 2.30. The van der Waals surface area contributed by atoms with Crippen molar-refractivity contribution in [1.82, 2.24) is 0 Å². The fourth-order valence-electron chi connectivity index (χ4n) is 2.27. The molecule has 0 aromatic heterocycles. The first-order valence-corrected chi connectivity index (χ1v) is 6.87. The Kier molecular flexibility index (Phi) is 9.05. The van der Waals surface area contributed by atoms with E-state index in [0.29, 0.717) is 30.7 Å². The number of quaternary nitrogens is 1. The fourth-order valence-corrected chi connectivity index (χ4v) is 2.27. The molecule has 0 saturated heterocycles. The quantitative estimate of drug-likeness (QED) is 0.332. The van der Waals surface area contributed by atoms with Gasteiger partial charge in [0, 0.05) is 13.8 Å². The molecule has 0 fully saturated rings. The zero-order chi connectivity index (χ0) is 16.3. The summed E-state index contributed by atoms with van der Waals surface area (Å²) in [6.07, 6.45) is 4.92. The Hall–Kier alpha value is -1.88. The molecule has 21 heavy (non-hydrogen) atoms. The van der Waals surface area contributed by atoms with Crippen LogP contribution in [0.5, 0.6) is 0 Å². The van der Waals surface area contributed by atoms with Gasteiger partial charge in [0.2, 0.25) is 0 Å². The fraction of sp³-hybridized carbons (Fsp3) is 0.500. The van der Waals surface area contributed by atoms with Crippen LogP contribution in [-0.4, -0.2) is 55.3 Å². The maximum atomic E-state index is 11.2. The predicted molar refractivity (Wildman–Crippen MR) is 82.5 cm³/mol. The molecule has 1 unspecified atom stereocenters. The molecule has 0 spiro atoms. The molecule has 1 atom stereocenters. The molecule has 0 aromatic carbocycles. The average Bonchev–Trinajstić information content (AvgIpc) is 2.36. The summed E-state index contributed by atoms with van der Waals surface area (Å²) in [5.41, 5.74) is 0. The van der Waals surface area contributed by atoms with Crippen molar-refractivity contribution in [2.75, 3.05) is 32.8 Å². The second kappa shape index (κ2) is 9.94. The van der Waals surface area contributed by atoms with Crippen molar-refractivity contribution in [3.8, 4) is 0 Å². The van der Waals surface area contributed by atoms with Crippen LogP contribution < -0.4 is 0 Å². The molecule has 0 aliphatic rings. The second-order valence-electron chi connectivity index (χ2n) is 4.97. The standard InChI is InChI=1S/C16H26NO4/c1-6-9-17(10-7-2,11-8-3)12-16(21-15(5)19)13-20-14(4)18/h6-8,16H,1-3,9-13H2,4-5H3/q+1. The van der Waals surface area contributed by atoms with Gasteiger partial charge in [-0.2, -0.15) is 0 Å². The molecular weight excluding hydrogens is 270 g/mol. The van der Waals surface area contributed by atoms with Crippen molar-refractivity contribution in [3.63, 3.8) is 0 Å². The van der Waals surface area contributed by atoms with Crippen LogP contribution in [0.1, 0.15) is 13.8 Å². The van der Waals surface area contributed by atoms with Crippen LogP contribution in [0.4, 0.5) is 0 Å². The Labute approximate surface area is 127 Å². The van der Waals surface area contributed by atoms with Gasteiger partial charge >= 0.3 is 11.9 Å². The third kappa shape index (κ3) is 8.09. The maximum Gasteiger partial charge on any atom is 0.303 e. The van der Waals surface area contributed by atoms with Gasteiger partial charge in [-0.05, 0) is 18.2 Å². The lowest BCUT2D eigenvalue weighted by Gasteiger charge is -2.38. The van der Waals surface area contributed by atoms with Crippen LogP contribution in [0.2, 0.25) is 0 Å². The highest BCUT2D eigenvalue weighted by Crippen LogP contribution is 2.12. The Morgan fingerprint density at radius 3 is 1.81 bits per heavy atom. The third-order valence-corrected chi connectivity index (χ3v) is 2.95. The first-order chi connectivity index (χ1) is 9.89. The molecule has 118 valence electrons. The number of carbonyl (C=O) groups excluding carboxylic acids is 2. The highest BCUT2D eigenvalue weighted by atomic mass is 16.6. The molecule has 0 bridgehead atoms. The van der Waals surface area contributed by atoms with Crippen molar-refractivity contribution < 1.29 is 23.5 Å². The Balaban J connectivity index is 5.08. The van der Waals surface area contributed by atoms with E-state index in [0.717, 1.165) is 0 Å². The minimum Gasteiger partial charge on any atom is -0.462 e. The Morgan fingerprint density at radius 2 is 1.48 bits per heavy atom. The topological polar surface area (TPSA) is 52.6 Å². The van der Waals surface area contributed by atoms with Crippen molar-refractivity contribution in [1.29, 1.82) is 0 Å². The van der Waals surface area contributed by atoms with Crippen LogP contribution in [0.3, 0.4) is 0 Å². The molecule has 0 amide bonds. The predicted octanol–water partition coefficient (Wildman–Crippen LogP) is 1.86. The first-order valence-electron chi connectivity index (χ1n) is 6.87. The van der Waals surface area contributed by atoms with Gasteiger partial charge in [-0.25, -0.2) is 0 Å². The number of ether oxygens (including phenoxy) is 2. The molecule has 0 aliphatic heterocycles. The molecule has 0 aromatic rings. The summed E-state index contributed by atoms with van der Waals surface area (Å²) in [6.45, 7) is 16.6. The van der Waals surface area contributed by atoms with Gasteiger partial charge < -0.3 is 14.0 Å². The van der Waals surface area contributed by atoms with E-state index < -0.39 is 18.0 Å². The normalized spacial score (nSPS) is 12.1. The third-order valence-electron chi connectivity index (χ3n) is 2.95. The largest absolute Gasteiger partial charge is 0.462 e. The summed E-state index contributed by atoms with van der Waals surface area (Å²) < 4.78 is 10.8. The van der Waals surface area contributed by atoms with Gasteiger partial charge in [0.25, 0.3) is 0 Å². The smallest absolute Gasteiger partial charge is 0.303 e. The molecule has 0 N–H and O–H groups in total. The lowest BCUT2D eigenvalue weighted by molar-refractivity contribution is -0.914. The number of hydrogen-bond donors (Lipinski definition) is 0. The van der Waals surface area contributed by atoms with E-state index in [1.807, 2.05) is 18.2 Å². The lowest BCUT2D eigenvalue weighted by Crippen LogP contribution is -2.54. The number of rotatable bonds is 11. The minimum absolute atomic E-state index is 0.0420. The zero-order valence-electron chi connectivity index (χ0n) is 13.0. The second-order valence-corrected chi connectivity index (χ2v) is 4.97. The first kappa shape index (κ1) is 19.1. The zero-order valence-corrected chi connectivity index (χ0v) is 13.0. The van der Waals surface area contributed by atoms with Crippen LogP contribution in [-0.2, 0) is 19.1 Å². The molecule has 0 rings (SSSR count). The van der Waals surface area contributed by atoms with Gasteiger partial charge in [0.05, 0.1) is 19.6 Å². The van der Waals surface area contributed by atoms with Gasteiger partial charge in [-0.1, -0.05) is 19.7 Å². The molecule has 0 aliphatic carbocycles. The SMILES string of the molecule is C=CC[N+](CC=C)(CC=C)CC(COC(C)=O)OC(C)=O. The monoisotopic (exact) mass is 296 g/mol. The van der Waals surface area contributed by atoms with Crippen LogP contribution >= 0.6 is 0 Å². The van der Waals surface area contributed by atoms with E-state index in [9.17, 15) is 9.59 Å². The van der Waals surface area contributed by atoms with Crippen LogP contribution in [0.25, 0.3) is 0 Å². The molecule has 0 radical (unpaired) electrons. The van der Waals surface area contributed by atoms with Crippen LogP contribution in [0, 0.1) is 0 Å².